The van der Waals surface area contributed by atoms with Crippen LogP contribution in [-0.2, 0) is 16.1 Å². The second kappa shape index (κ2) is 7.81. The molecule has 0 aliphatic carbocycles. The number of rotatable bonds is 6. The van der Waals surface area contributed by atoms with Crippen LogP contribution in [-0.4, -0.2) is 50.3 Å². The SMILES string of the molecule is C=CCOc1ccc(CN(C)C(=O)C2COCCN2)cc1. The monoisotopic (exact) mass is 290 g/mol. The van der Waals surface area contributed by atoms with Gasteiger partial charge in [0.1, 0.15) is 18.4 Å². The maximum Gasteiger partial charge on any atom is 0.242 e. The third-order valence-electron chi connectivity index (χ3n) is 3.31. The standard InChI is InChI=1S/C16H22N2O3/c1-3-9-21-14-6-4-13(5-7-14)11-18(2)16(19)15-12-20-10-8-17-15/h3-7,15,17H,1,8-12H2,2H3. The number of nitrogens with one attached hydrogen (secondary N) is 1. The van der Waals surface area contributed by atoms with Gasteiger partial charge in [-0.2, -0.15) is 0 Å². The Morgan fingerprint density at radius 2 is 2.29 bits per heavy atom. The van der Waals surface area contributed by atoms with Crippen LogP contribution in [0.25, 0.3) is 0 Å². The van der Waals surface area contributed by atoms with Crippen LogP contribution in [0.2, 0.25) is 0 Å². The summed E-state index contributed by atoms with van der Waals surface area (Å²) in [7, 11) is 1.81. The molecule has 1 saturated heterocycles. The molecule has 0 spiro atoms. The largest absolute Gasteiger partial charge is 0.490 e. The molecule has 1 amide bonds. The van der Waals surface area contributed by atoms with Gasteiger partial charge in [-0.05, 0) is 17.7 Å². The van der Waals surface area contributed by atoms with Gasteiger partial charge in [0.05, 0.1) is 13.2 Å². The second-order valence-corrected chi connectivity index (χ2v) is 5.02. The lowest BCUT2D eigenvalue weighted by atomic mass is 10.2. The van der Waals surface area contributed by atoms with Crippen molar-refractivity contribution in [2.75, 3.05) is 33.4 Å². The molecule has 0 radical (unpaired) electrons. The number of ether oxygens (including phenoxy) is 2. The van der Waals surface area contributed by atoms with Crippen molar-refractivity contribution in [2.24, 2.45) is 0 Å². The van der Waals surface area contributed by atoms with E-state index in [4.69, 9.17) is 9.47 Å². The van der Waals surface area contributed by atoms with Crippen molar-refractivity contribution in [2.45, 2.75) is 12.6 Å². The van der Waals surface area contributed by atoms with Crippen molar-refractivity contribution >= 4 is 5.91 Å². The van der Waals surface area contributed by atoms with Crippen LogP contribution in [0.3, 0.4) is 0 Å². The summed E-state index contributed by atoms with van der Waals surface area (Å²) in [5, 5.41) is 3.17. The molecule has 2 rings (SSSR count). The first-order valence-electron chi connectivity index (χ1n) is 7.09. The van der Waals surface area contributed by atoms with E-state index in [0.29, 0.717) is 26.4 Å². The van der Waals surface area contributed by atoms with E-state index in [2.05, 4.69) is 11.9 Å². The Balaban J connectivity index is 1.87. The zero-order valence-electron chi connectivity index (χ0n) is 12.4. The molecule has 1 aliphatic rings. The minimum Gasteiger partial charge on any atom is -0.490 e. The maximum absolute atomic E-state index is 12.3. The first-order chi connectivity index (χ1) is 10.2. The van der Waals surface area contributed by atoms with E-state index in [1.165, 1.54) is 0 Å². The van der Waals surface area contributed by atoms with Crippen LogP contribution in [0.4, 0.5) is 0 Å². The summed E-state index contributed by atoms with van der Waals surface area (Å²) in [5.41, 5.74) is 1.06. The topological polar surface area (TPSA) is 50.8 Å². The lowest BCUT2D eigenvalue weighted by molar-refractivity contribution is -0.135. The van der Waals surface area contributed by atoms with E-state index in [9.17, 15) is 4.79 Å². The molecule has 5 nitrogen and oxygen atoms in total. The van der Waals surface area contributed by atoms with E-state index in [0.717, 1.165) is 17.9 Å². The molecule has 114 valence electrons. The molecule has 0 bridgehead atoms. The Morgan fingerprint density at radius 3 is 2.90 bits per heavy atom. The van der Waals surface area contributed by atoms with E-state index < -0.39 is 0 Å². The molecule has 1 aliphatic heterocycles. The van der Waals surface area contributed by atoms with Crippen molar-refractivity contribution in [3.05, 3.63) is 42.5 Å². The van der Waals surface area contributed by atoms with Gasteiger partial charge in [-0.15, -0.1) is 0 Å². The summed E-state index contributed by atoms with van der Waals surface area (Å²) >= 11 is 0. The van der Waals surface area contributed by atoms with Gasteiger partial charge in [0.25, 0.3) is 0 Å². The van der Waals surface area contributed by atoms with E-state index in [1.54, 1.807) is 18.0 Å². The lowest BCUT2D eigenvalue weighted by Crippen LogP contribution is -2.51. The molecule has 0 aromatic heterocycles. The van der Waals surface area contributed by atoms with Crippen LogP contribution >= 0.6 is 0 Å². The van der Waals surface area contributed by atoms with Crippen LogP contribution in [0.5, 0.6) is 5.75 Å². The Morgan fingerprint density at radius 1 is 1.52 bits per heavy atom. The Kier molecular flexibility index (Phi) is 5.78. The van der Waals surface area contributed by atoms with Crippen molar-refractivity contribution in [3.8, 4) is 5.75 Å². The quantitative estimate of drug-likeness (QED) is 0.800. The van der Waals surface area contributed by atoms with Gasteiger partial charge in [0, 0.05) is 20.1 Å². The van der Waals surface area contributed by atoms with Crippen molar-refractivity contribution in [1.82, 2.24) is 10.2 Å². The van der Waals surface area contributed by atoms with Crippen LogP contribution in [0.1, 0.15) is 5.56 Å². The summed E-state index contributed by atoms with van der Waals surface area (Å²) < 4.78 is 10.8. The Hall–Kier alpha value is -1.85. The number of morpholine rings is 1. The highest BCUT2D eigenvalue weighted by Gasteiger charge is 2.24. The van der Waals surface area contributed by atoms with Gasteiger partial charge in [-0.25, -0.2) is 0 Å². The molecule has 5 heteroatoms. The fourth-order valence-electron chi connectivity index (χ4n) is 2.19. The number of likely N-dealkylation sites (N-methyl/N-ethyl adjacent to an activating group) is 1. The number of carbonyl (C=O) groups is 1. The molecular formula is C16H22N2O3. The predicted octanol–water partition coefficient (Wildman–Crippen LogP) is 1.20. The van der Waals surface area contributed by atoms with Gasteiger partial charge in [0.15, 0.2) is 0 Å². The zero-order valence-corrected chi connectivity index (χ0v) is 12.4. The normalized spacial score (nSPS) is 18.0. The fourth-order valence-corrected chi connectivity index (χ4v) is 2.19. The smallest absolute Gasteiger partial charge is 0.242 e. The molecular weight excluding hydrogens is 268 g/mol. The third-order valence-corrected chi connectivity index (χ3v) is 3.31. The third kappa shape index (κ3) is 4.58. The molecule has 1 aromatic carbocycles. The summed E-state index contributed by atoms with van der Waals surface area (Å²) in [4.78, 5) is 14.0. The van der Waals surface area contributed by atoms with Gasteiger partial charge < -0.3 is 19.7 Å². The first-order valence-corrected chi connectivity index (χ1v) is 7.09. The van der Waals surface area contributed by atoms with E-state index in [-0.39, 0.29) is 11.9 Å². The molecule has 1 atom stereocenters. The molecule has 1 heterocycles. The predicted molar refractivity (Wildman–Crippen MR) is 81.2 cm³/mol. The van der Waals surface area contributed by atoms with Gasteiger partial charge in [-0.3, -0.25) is 4.79 Å². The summed E-state index contributed by atoms with van der Waals surface area (Å²) in [6.45, 7) is 6.50. The number of benzene rings is 1. The number of carbonyl (C=O) groups excluding carboxylic acids is 1. The van der Waals surface area contributed by atoms with Crippen molar-refractivity contribution < 1.29 is 14.3 Å². The van der Waals surface area contributed by atoms with Crippen molar-refractivity contribution in [1.29, 1.82) is 0 Å². The molecule has 1 unspecified atom stereocenters. The minimum atomic E-state index is -0.237. The van der Waals surface area contributed by atoms with Gasteiger partial charge >= 0.3 is 0 Å². The van der Waals surface area contributed by atoms with E-state index in [1.807, 2.05) is 24.3 Å². The molecule has 21 heavy (non-hydrogen) atoms. The molecule has 1 aromatic rings. The molecule has 1 N–H and O–H groups in total. The summed E-state index contributed by atoms with van der Waals surface area (Å²) in [6.07, 6.45) is 1.71. The number of hydrogen-bond acceptors (Lipinski definition) is 4. The van der Waals surface area contributed by atoms with Gasteiger partial charge in [-0.1, -0.05) is 24.8 Å². The van der Waals surface area contributed by atoms with Crippen molar-refractivity contribution in [3.63, 3.8) is 0 Å². The zero-order chi connectivity index (χ0) is 15.1. The fraction of sp³-hybridized carbons (Fsp3) is 0.438. The number of hydrogen-bond donors (Lipinski definition) is 1. The second-order valence-electron chi connectivity index (χ2n) is 5.02. The maximum atomic E-state index is 12.3. The number of amides is 1. The van der Waals surface area contributed by atoms with E-state index >= 15 is 0 Å². The Labute approximate surface area is 125 Å². The summed E-state index contributed by atoms with van der Waals surface area (Å²) in [6, 6.07) is 7.50. The lowest BCUT2D eigenvalue weighted by Gasteiger charge is -2.27. The molecule has 1 fully saturated rings. The highest BCUT2D eigenvalue weighted by Crippen LogP contribution is 2.14. The highest BCUT2D eigenvalue weighted by molar-refractivity contribution is 5.81. The van der Waals surface area contributed by atoms with Crippen LogP contribution < -0.4 is 10.1 Å². The Bertz CT molecular complexity index is 467. The highest BCUT2D eigenvalue weighted by atomic mass is 16.5. The first kappa shape index (κ1) is 15.5. The van der Waals surface area contributed by atoms with Gasteiger partial charge in [0.2, 0.25) is 5.91 Å². The van der Waals surface area contributed by atoms with Crippen LogP contribution in [0, 0.1) is 0 Å². The molecule has 0 saturated carbocycles. The number of nitrogens with zero attached hydrogens (tertiary/aromatic N) is 1. The minimum absolute atomic E-state index is 0.0571. The average molecular weight is 290 g/mol. The summed E-state index contributed by atoms with van der Waals surface area (Å²) in [5.74, 6) is 0.858. The average Bonchev–Trinajstić information content (AvgIpc) is 2.54. The van der Waals surface area contributed by atoms with Crippen LogP contribution in [0.15, 0.2) is 36.9 Å².